The molecule has 1 N–H and O–H groups in total. The fourth-order valence-corrected chi connectivity index (χ4v) is 5.46. The zero-order valence-corrected chi connectivity index (χ0v) is 12.0. The van der Waals surface area contributed by atoms with Gasteiger partial charge >= 0.3 is 0 Å². The number of anilines is 1. The summed E-state index contributed by atoms with van der Waals surface area (Å²) in [5.41, 5.74) is 0.289. The molecule has 5 rings (SSSR count). The van der Waals surface area contributed by atoms with Crippen LogP contribution in [0.4, 0.5) is 5.82 Å². The summed E-state index contributed by atoms with van der Waals surface area (Å²) >= 11 is 0. The third-order valence-electron chi connectivity index (χ3n) is 5.60. The van der Waals surface area contributed by atoms with Gasteiger partial charge in [-0.1, -0.05) is 5.16 Å². The molecule has 108 valence electrons. The van der Waals surface area contributed by atoms with Crippen molar-refractivity contribution in [2.75, 3.05) is 5.32 Å². The van der Waals surface area contributed by atoms with Gasteiger partial charge in [-0.3, -0.25) is 4.79 Å². The summed E-state index contributed by atoms with van der Waals surface area (Å²) in [6.45, 7) is 1.84. The number of amides is 1. The second-order valence-electron chi connectivity index (χ2n) is 7.47. The number of hydrogen-bond donors (Lipinski definition) is 1. The number of aromatic nitrogens is 1. The lowest BCUT2D eigenvalue weighted by atomic mass is 9.49. The molecule has 4 fully saturated rings. The zero-order chi connectivity index (χ0) is 13.7. The smallest absolute Gasteiger partial charge is 0.226 e. The molecule has 0 aliphatic heterocycles. The predicted molar refractivity (Wildman–Crippen MR) is 75.1 cm³/mol. The Hall–Kier alpha value is -1.32. The first kappa shape index (κ1) is 12.4. The van der Waals surface area contributed by atoms with Gasteiger partial charge in [0.05, 0.1) is 0 Å². The maximum atomic E-state index is 12.3. The van der Waals surface area contributed by atoms with Gasteiger partial charge < -0.3 is 9.84 Å². The molecule has 4 aliphatic carbocycles. The van der Waals surface area contributed by atoms with Crippen molar-refractivity contribution in [1.29, 1.82) is 0 Å². The Balaban J connectivity index is 1.44. The minimum absolute atomic E-state index is 0.111. The van der Waals surface area contributed by atoms with Gasteiger partial charge in [-0.05, 0) is 68.6 Å². The highest BCUT2D eigenvalue weighted by Crippen LogP contribution is 2.61. The Morgan fingerprint density at radius 1 is 1.30 bits per heavy atom. The normalized spacial score (nSPS) is 38.1. The van der Waals surface area contributed by atoms with E-state index in [1.54, 1.807) is 6.07 Å². The number of nitrogens with zero attached hydrogens (tertiary/aromatic N) is 1. The Bertz CT molecular complexity index is 499. The molecule has 4 saturated carbocycles. The molecule has 0 radical (unpaired) electrons. The van der Waals surface area contributed by atoms with Crippen molar-refractivity contribution in [2.24, 2.45) is 23.2 Å². The van der Waals surface area contributed by atoms with Gasteiger partial charge in [-0.25, -0.2) is 0 Å². The minimum atomic E-state index is 0.111. The van der Waals surface area contributed by atoms with Crippen molar-refractivity contribution >= 4 is 11.7 Å². The highest BCUT2D eigenvalue weighted by Gasteiger charge is 2.51. The summed E-state index contributed by atoms with van der Waals surface area (Å²) < 4.78 is 4.99. The summed E-state index contributed by atoms with van der Waals surface area (Å²) in [6, 6.07) is 1.78. The molecule has 4 nitrogen and oxygen atoms in total. The summed E-state index contributed by atoms with van der Waals surface area (Å²) in [4.78, 5) is 12.3. The average molecular weight is 274 g/mol. The molecule has 1 aromatic heterocycles. The molecule has 0 saturated heterocycles. The van der Waals surface area contributed by atoms with Crippen molar-refractivity contribution in [1.82, 2.24) is 5.16 Å². The largest absolute Gasteiger partial charge is 0.360 e. The first-order valence-corrected chi connectivity index (χ1v) is 7.83. The number of aryl methyl sites for hydroxylation is 1. The van der Waals surface area contributed by atoms with Gasteiger partial charge in [0.15, 0.2) is 5.82 Å². The lowest BCUT2D eigenvalue weighted by Crippen LogP contribution is -2.47. The van der Waals surface area contributed by atoms with Crippen LogP contribution in [0.3, 0.4) is 0 Å². The van der Waals surface area contributed by atoms with E-state index in [0.717, 1.165) is 23.5 Å². The van der Waals surface area contributed by atoms with E-state index >= 15 is 0 Å². The van der Waals surface area contributed by atoms with Crippen molar-refractivity contribution in [3.63, 3.8) is 0 Å². The molecule has 1 amide bonds. The number of carbonyl (C=O) groups excluding carboxylic acids is 1. The lowest BCUT2D eigenvalue weighted by Gasteiger charge is -2.56. The van der Waals surface area contributed by atoms with Crippen molar-refractivity contribution < 1.29 is 9.32 Å². The molecule has 4 aliphatic rings. The number of rotatable bonds is 3. The summed E-state index contributed by atoms with van der Waals surface area (Å²) in [5, 5.41) is 6.74. The molecule has 4 bridgehead atoms. The molecule has 0 atom stereocenters. The van der Waals surface area contributed by atoms with Crippen LogP contribution in [-0.2, 0) is 4.79 Å². The van der Waals surface area contributed by atoms with Gasteiger partial charge in [0.1, 0.15) is 5.76 Å². The van der Waals surface area contributed by atoms with Gasteiger partial charge in [-0.15, -0.1) is 0 Å². The second-order valence-corrected chi connectivity index (χ2v) is 7.47. The van der Waals surface area contributed by atoms with Crippen LogP contribution in [0, 0.1) is 30.1 Å². The van der Waals surface area contributed by atoms with Gasteiger partial charge in [-0.2, -0.15) is 0 Å². The van der Waals surface area contributed by atoms with Gasteiger partial charge in [0, 0.05) is 12.5 Å². The fraction of sp³-hybridized carbons (Fsp3) is 0.750. The third-order valence-corrected chi connectivity index (χ3v) is 5.60. The SMILES string of the molecule is Cc1cc(NC(=O)CC23CC4CC(CC(C4)C2)C3)no1. The summed E-state index contributed by atoms with van der Waals surface area (Å²) in [5.74, 6) is 4.07. The van der Waals surface area contributed by atoms with E-state index in [4.69, 9.17) is 4.52 Å². The van der Waals surface area contributed by atoms with E-state index < -0.39 is 0 Å². The van der Waals surface area contributed by atoms with Crippen LogP contribution in [0.5, 0.6) is 0 Å². The van der Waals surface area contributed by atoms with E-state index in [1.165, 1.54) is 38.5 Å². The predicted octanol–water partition coefficient (Wildman–Crippen LogP) is 3.53. The monoisotopic (exact) mass is 274 g/mol. The van der Waals surface area contributed by atoms with E-state index in [0.29, 0.717) is 12.2 Å². The molecule has 0 spiro atoms. The first-order valence-electron chi connectivity index (χ1n) is 7.83. The quantitative estimate of drug-likeness (QED) is 0.917. The zero-order valence-electron chi connectivity index (χ0n) is 12.0. The standard InChI is InChI=1S/C16H22N2O2/c1-10-2-14(18-20-10)17-15(19)9-16-6-11-3-12(7-16)5-13(4-11)8-16/h2,11-13H,3-9H2,1H3,(H,17,18,19). The van der Waals surface area contributed by atoms with Crippen LogP contribution >= 0.6 is 0 Å². The van der Waals surface area contributed by atoms with Crippen molar-refractivity contribution in [3.05, 3.63) is 11.8 Å². The highest BCUT2D eigenvalue weighted by molar-refractivity contribution is 5.90. The van der Waals surface area contributed by atoms with Crippen LogP contribution < -0.4 is 5.32 Å². The van der Waals surface area contributed by atoms with Crippen LogP contribution in [0.2, 0.25) is 0 Å². The molecule has 0 unspecified atom stereocenters. The van der Waals surface area contributed by atoms with Crippen molar-refractivity contribution in [3.8, 4) is 0 Å². The van der Waals surface area contributed by atoms with Gasteiger partial charge in [0.25, 0.3) is 0 Å². The maximum absolute atomic E-state index is 12.3. The van der Waals surface area contributed by atoms with Crippen LogP contribution in [0.15, 0.2) is 10.6 Å². The summed E-state index contributed by atoms with van der Waals surface area (Å²) in [7, 11) is 0. The minimum Gasteiger partial charge on any atom is -0.360 e. The Morgan fingerprint density at radius 3 is 2.40 bits per heavy atom. The van der Waals surface area contributed by atoms with Crippen LogP contribution in [-0.4, -0.2) is 11.1 Å². The molecular weight excluding hydrogens is 252 g/mol. The summed E-state index contributed by atoms with van der Waals surface area (Å²) in [6.07, 6.45) is 8.73. The molecule has 4 heteroatoms. The lowest BCUT2D eigenvalue weighted by molar-refractivity contribution is -0.124. The van der Waals surface area contributed by atoms with E-state index in [1.807, 2.05) is 6.92 Å². The first-order chi connectivity index (χ1) is 9.60. The molecule has 20 heavy (non-hydrogen) atoms. The average Bonchev–Trinajstić information content (AvgIpc) is 2.71. The Morgan fingerprint density at radius 2 is 1.90 bits per heavy atom. The third kappa shape index (κ3) is 2.15. The number of hydrogen-bond acceptors (Lipinski definition) is 3. The Labute approximate surface area is 119 Å². The highest BCUT2D eigenvalue weighted by atomic mass is 16.5. The molecule has 1 aromatic rings. The Kier molecular flexibility index (Phi) is 2.69. The van der Waals surface area contributed by atoms with E-state index in [9.17, 15) is 4.79 Å². The molecule has 0 aromatic carbocycles. The van der Waals surface area contributed by atoms with Gasteiger partial charge in [0.2, 0.25) is 5.91 Å². The molecule has 1 heterocycles. The molecular formula is C16H22N2O2. The fourth-order valence-electron chi connectivity index (χ4n) is 5.46. The van der Waals surface area contributed by atoms with Crippen molar-refractivity contribution in [2.45, 2.75) is 51.9 Å². The van der Waals surface area contributed by atoms with E-state index in [-0.39, 0.29) is 11.3 Å². The van der Waals surface area contributed by atoms with Crippen LogP contribution in [0.25, 0.3) is 0 Å². The number of carbonyl (C=O) groups is 1. The number of nitrogens with one attached hydrogen (secondary N) is 1. The van der Waals surface area contributed by atoms with E-state index in [2.05, 4.69) is 10.5 Å². The maximum Gasteiger partial charge on any atom is 0.226 e. The van der Waals surface area contributed by atoms with Crippen LogP contribution in [0.1, 0.15) is 50.7 Å². The topological polar surface area (TPSA) is 55.1 Å². The second kappa shape index (κ2) is 4.34.